The molecule has 3 aromatic rings. The molecule has 0 spiro atoms. The van der Waals surface area contributed by atoms with Crippen LogP contribution in [-0.2, 0) is 6.54 Å². The summed E-state index contributed by atoms with van der Waals surface area (Å²) in [7, 11) is 0. The average molecular weight is 261 g/mol. The quantitative estimate of drug-likeness (QED) is 0.716. The highest BCUT2D eigenvalue weighted by atomic mass is 32.1. The molecule has 5 heteroatoms. The van der Waals surface area contributed by atoms with Gasteiger partial charge in [0.25, 0.3) is 0 Å². The molecule has 0 bridgehead atoms. The fourth-order valence-corrected chi connectivity index (χ4v) is 3.00. The molecule has 0 aliphatic carbocycles. The van der Waals surface area contributed by atoms with Crippen LogP contribution in [0.4, 0.5) is 0 Å². The maximum absolute atomic E-state index is 5.34. The monoisotopic (exact) mass is 261 g/mol. The van der Waals surface area contributed by atoms with Gasteiger partial charge in [0.05, 0.1) is 12.1 Å². The number of rotatable bonds is 2. The lowest BCUT2D eigenvalue weighted by Gasteiger charge is -2.02. The molecule has 0 radical (unpaired) electrons. The van der Waals surface area contributed by atoms with Gasteiger partial charge >= 0.3 is 0 Å². The van der Waals surface area contributed by atoms with Crippen molar-refractivity contribution in [1.29, 1.82) is 0 Å². The van der Waals surface area contributed by atoms with E-state index in [0.29, 0.717) is 0 Å². The van der Waals surface area contributed by atoms with Crippen molar-refractivity contribution in [3.05, 3.63) is 45.0 Å². The number of H-pyrrole nitrogens is 1. The molecular weight excluding hydrogens is 250 g/mol. The molecule has 0 unspecified atom stereocenters. The molecule has 3 nitrogen and oxygen atoms in total. The van der Waals surface area contributed by atoms with E-state index in [4.69, 9.17) is 12.2 Å². The minimum absolute atomic E-state index is 0.728. The normalized spacial score (nSPS) is 11.1. The van der Waals surface area contributed by atoms with E-state index in [1.807, 2.05) is 16.7 Å². The zero-order valence-electron chi connectivity index (χ0n) is 9.30. The topological polar surface area (TPSA) is 33.6 Å². The van der Waals surface area contributed by atoms with Crippen LogP contribution in [0.25, 0.3) is 11.2 Å². The second-order valence-corrected chi connectivity index (χ2v) is 5.31. The summed E-state index contributed by atoms with van der Waals surface area (Å²) in [6, 6.07) is 6.04. The predicted molar refractivity (Wildman–Crippen MR) is 73.1 cm³/mol. The van der Waals surface area contributed by atoms with Gasteiger partial charge in [-0.1, -0.05) is 0 Å². The van der Waals surface area contributed by atoms with E-state index < -0.39 is 0 Å². The molecule has 0 saturated carbocycles. The summed E-state index contributed by atoms with van der Waals surface area (Å²) in [5.74, 6) is 0. The van der Waals surface area contributed by atoms with Gasteiger partial charge in [-0.2, -0.15) is 0 Å². The second-order valence-electron chi connectivity index (χ2n) is 3.92. The van der Waals surface area contributed by atoms with Crippen molar-refractivity contribution in [2.75, 3.05) is 0 Å². The number of imidazole rings is 1. The number of pyridine rings is 1. The van der Waals surface area contributed by atoms with Crippen LogP contribution in [0.15, 0.2) is 29.8 Å². The Labute approximate surface area is 108 Å². The van der Waals surface area contributed by atoms with Gasteiger partial charge in [0, 0.05) is 11.1 Å². The molecule has 0 aliphatic rings. The maximum atomic E-state index is 5.34. The Morgan fingerprint density at radius 2 is 2.35 bits per heavy atom. The summed E-state index contributed by atoms with van der Waals surface area (Å²) < 4.78 is 2.77. The minimum Gasteiger partial charge on any atom is -0.329 e. The number of aryl methyl sites for hydroxylation is 1. The highest BCUT2D eigenvalue weighted by molar-refractivity contribution is 7.71. The smallest absolute Gasteiger partial charge is 0.179 e. The van der Waals surface area contributed by atoms with Gasteiger partial charge in [0.2, 0.25) is 0 Å². The van der Waals surface area contributed by atoms with Crippen LogP contribution in [0.5, 0.6) is 0 Å². The summed E-state index contributed by atoms with van der Waals surface area (Å²) in [5, 5.41) is 2.11. The Morgan fingerprint density at radius 1 is 1.47 bits per heavy atom. The number of aromatic amines is 1. The first kappa shape index (κ1) is 10.7. The Bertz CT molecular complexity index is 721. The highest BCUT2D eigenvalue weighted by Gasteiger charge is 2.07. The molecule has 0 fully saturated rings. The number of aromatic nitrogens is 3. The molecule has 3 aromatic heterocycles. The highest BCUT2D eigenvalue weighted by Crippen LogP contribution is 2.19. The van der Waals surface area contributed by atoms with Gasteiger partial charge in [-0.25, -0.2) is 4.98 Å². The van der Waals surface area contributed by atoms with E-state index in [-0.39, 0.29) is 0 Å². The van der Waals surface area contributed by atoms with Gasteiger partial charge < -0.3 is 4.98 Å². The van der Waals surface area contributed by atoms with E-state index in [1.165, 1.54) is 10.4 Å². The molecule has 3 heterocycles. The summed E-state index contributed by atoms with van der Waals surface area (Å²) in [6.07, 6.45) is 1.79. The van der Waals surface area contributed by atoms with Crippen LogP contribution in [0.2, 0.25) is 0 Å². The van der Waals surface area contributed by atoms with Crippen LogP contribution in [0, 0.1) is 11.7 Å². The molecule has 0 atom stereocenters. The predicted octanol–water partition coefficient (Wildman–Crippen LogP) is 3.51. The van der Waals surface area contributed by atoms with Gasteiger partial charge in [-0.15, -0.1) is 11.3 Å². The second kappa shape index (κ2) is 4.09. The number of hydrogen-bond acceptors (Lipinski definition) is 3. The number of nitrogens with one attached hydrogen (secondary N) is 1. The summed E-state index contributed by atoms with van der Waals surface area (Å²) >= 11 is 7.10. The van der Waals surface area contributed by atoms with Gasteiger partial charge in [-0.3, -0.25) is 4.57 Å². The van der Waals surface area contributed by atoms with Crippen molar-refractivity contribution in [3.63, 3.8) is 0 Å². The van der Waals surface area contributed by atoms with Crippen molar-refractivity contribution in [2.24, 2.45) is 0 Å². The molecule has 0 aromatic carbocycles. The molecule has 17 heavy (non-hydrogen) atoms. The lowest BCUT2D eigenvalue weighted by molar-refractivity contribution is 0.809. The Kier molecular flexibility index (Phi) is 2.57. The third kappa shape index (κ3) is 1.81. The lowest BCUT2D eigenvalue weighted by Crippen LogP contribution is -2.00. The average Bonchev–Trinajstić information content (AvgIpc) is 2.85. The molecule has 86 valence electrons. The summed E-state index contributed by atoms with van der Waals surface area (Å²) in [6.45, 7) is 2.91. The Morgan fingerprint density at radius 3 is 3.12 bits per heavy atom. The zero-order chi connectivity index (χ0) is 11.8. The zero-order valence-corrected chi connectivity index (χ0v) is 10.9. The number of fused-ring (bicyclic) bond motifs is 1. The van der Waals surface area contributed by atoms with Crippen molar-refractivity contribution in [2.45, 2.75) is 13.5 Å². The molecule has 0 aliphatic heterocycles. The first-order chi connectivity index (χ1) is 8.25. The SMILES string of the molecule is Cc1ccsc1Cn1c(=S)[nH]c2cccnc21. The van der Waals surface area contributed by atoms with Gasteiger partial charge in [0.15, 0.2) is 10.4 Å². The van der Waals surface area contributed by atoms with Crippen molar-refractivity contribution >= 4 is 34.7 Å². The maximum Gasteiger partial charge on any atom is 0.179 e. The van der Waals surface area contributed by atoms with Crippen LogP contribution in [0.3, 0.4) is 0 Å². The summed E-state index contributed by atoms with van der Waals surface area (Å²) in [5.41, 5.74) is 3.22. The van der Waals surface area contributed by atoms with Crippen LogP contribution in [0.1, 0.15) is 10.4 Å². The van der Waals surface area contributed by atoms with E-state index in [1.54, 1.807) is 17.5 Å². The van der Waals surface area contributed by atoms with Gasteiger partial charge in [0.1, 0.15) is 0 Å². The van der Waals surface area contributed by atoms with Crippen molar-refractivity contribution < 1.29 is 0 Å². The molecule has 0 saturated heterocycles. The first-order valence-corrected chi connectivity index (χ1v) is 6.61. The van der Waals surface area contributed by atoms with E-state index in [0.717, 1.165) is 22.5 Å². The fraction of sp³-hybridized carbons (Fsp3) is 0.167. The largest absolute Gasteiger partial charge is 0.329 e. The number of nitrogens with zero attached hydrogens (tertiary/aromatic N) is 2. The Balaban J connectivity index is 2.15. The van der Waals surface area contributed by atoms with Crippen molar-refractivity contribution in [1.82, 2.24) is 14.5 Å². The summed E-state index contributed by atoms with van der Waals surface area (Å²) in [4.78, 5) is 8.89. The van der Waals surface area contributed by atoms with E-state index in [2.05, 4.69) is 28.3 Å². The molecule has 0 amide bonds. The molecule has 1 N–H and O–H groups in total. The molecular formula is C12H11N3S2. The first-order valence-electron chi connectivity index (χ1n) is 5.32. The minimum atomic E-state index is 0.728. The van der Waals surface area contributed by atoms with Gasteiger partial charge in [-0.05, 0) is 48.3 Å². The van der Waals surface area contributed by atoms with E-state index >= 15 is 0 Å². The number of thiophene rings is 1. The van der Waals surface area contributed by atoms with E-state index in [9.17, 15) is 0 Å². The van der Waals surface area contributed by atoms with Crippen LogP contribution in [-0.4, -0.2) is 14.5 Å². The number of hydrogen-bond donors (Lipinski definition) is 1. The van der Waals surface area contributed by atoms with Crippen molar-refractivity contribution in [3.8, 4) is 0 Å². The van der Waals surface area contributed by atoms with Crippen LogP contribution < -0.4 is 0 Å². The fourth-order valence-electron chi connectivity index (χ4n) is 1.84. The third-order valence-electron chi connectivity index (χ3n) is 2.80. The Hall–Kier alpha value is -1.46. The standard InChI is InChI=1S/C12H11N3S2/c1-8-4-6-17-10(8)7-15-11-9(14-12(15)16)3-2-5-13-11/h2-6H,7H2,1H3,(H,14,16). The third-order valence-corrected chi connectivity index (χ3v) is 4.13. The van der Waals surface area contributed by atoms with Crippen LogP contribution >= 0.6 is 23.6 Å². The lowest BCUT2D eigenvalue weighted by atomic mass is 10.3. The molecule has 3 rings (SSSR count).